The van der Waals surface area contributed by atoms with Crippen LogP contribution >= 0.6 is 0 Å². The number of imide groups is 2. The lowest BCUT2D eigenvalue weighted by Gasteiger charge is -2.27. The quantitative estimate of drug-likeness (QED) is 0.0860. The third-order valence-corrected chi connectivity index (χ3v) is 10.5. The number of nitrogens with one attached hydrogen (secondary N) is 5. The second-order valence-electron chi connectivity index (χ2n) is 14.8. The number of rotatable bonds is 15. The molecule has 1 saturated heterocycles. The fraction of sp³-hybridized carbons (Fsp3) is 0.279. The topological polar surface area (TPSA) is 235 Å². The van der Waals surface area contributed by atoms with E-state index in [4.69, 9.17) is 9.47 Å². The van der Waals surface area contributed by atoms with Crippen LogP contribution < -0.4 is 36.1 Å². The number of amides is 8. The van der Waals surface area contributed by atoms with E-state index >= 15 is 0 Å². The summed E-state index contributed by atoms with van der Waals surface area (Å²) in [5.41, 5.74) is 2.71. The van der Waals surface area contributed by atoms with Crippen LogP contribution in [0.1, 0.15) is 79.1 Å². The molecular formula is C43H40N8O10. The summed E-state index contributed by atoms with van der Waals surface area (Å²) >= 11 is 0. The van der Waals surface area contributed by atoms with Gasteiger partial charge in [-0.15, -0.1) is 0 Å². The number of nitrogens with zero attached hydrogens (tertiary/aromatic N) is 3. The van der Waals surface area contributed by atoms with Crippen molar-refractivity contribution >= 4 is 64.5 Å². The molecule has 4 aliphatic rings. The van der Waals surface area contributed by atoms with Crippen LogP contribution in [0.5, 0.6) is 11.5 Å². The first-order chi connectivity index (χ1) is 29.5. The normalized spacial score (nSPS) is 16.7. The van der Waals surface area contributed by atoms with Gasteiger partial charge >= 0.3 is 0 Å². The van der Waals surface area contributed by atoms with E-state index in [2.05, 4.69) is 31.6 Å². The second kappa shape index (κ2) is 17.3. The van der Waals surface area contributed by atoms with Gasteiger partial charge in [-0.1, -0.05) is 18.2 Å². The lowest BCUT2D eigenvalue weighted by atomic mass is 10.0. The number of hydrogen-bond donors (Lipinski definition) is 5. The van der Waals surface area contributed by atoms with Crippen LogP contribution in [0, 0.1) is 0 Å². The highest BCUT2D eigenvalue weighted by atomic mass is 16.5. The summed E-state index contributed by atoms with van der Waals surface area (Å²) in [5.74, 6) is -2.35. The lowest BCUT2D eigenvalue weighted by Crippen LogP contribution is -2.54. The lowest BCUT2D eigenvalue weighted by molar-refractivity contribution is -0.136. The first kappa shape index (κ1) is 40.2. The van der Waals surface area contributed by atoms with Gasteiger partial charge in [0.25, 0.3) is 29.5 Å². The summed E-state index contributed by atoms with van der Waals surface area (Å²) in [6.45, 7) is 0.629. The number of carbonyl (C=O) groups excluding carboxylic acids is 8. The van der Waals surface area contributed by atoms with Crippen molar-refractivity contribution in [2.75, 3.05) is 42.3 Å². The SMILES string of the molecule is O=C(CNc1cccc2c1C(=O)N(C1CCC(=O)NC1=O)C2=O)NCCCOc1ccc(NC(=O)c2ccc(CN(C(=O)c3ccc4c(c3)OCC(=O)N4)C3CC3)cc2)nc1. The first-order valence-corrected chi connectivity index (χ1v) is 19.7. The molecule has 8 rings (SSSR count). The Morgan fingerprint density at radius 1 is 0.885 bits per heavy atom. The van der Waals surface area contributed by atoms with E-state index in [0.29, 0.717) is 47.1 Å². The summed E-state index contributed by atoms with van der Waals surface area (Å²) in [6.07, 6.45) is 3.80. The van der Waals surface area contributed by atoms with Crippen LogP contribution in [-0.2, 0) is 25.7 Å². The Hall–Kier alpha value is -7.63. The maximum atomic E-state index is 13.5. The molecule has 8 amide bonds. The Bertz CT molecular complexity index is 2450. The number of pyridine rings is 1. The zero-order valence-electron chi connectivity index (χ0n) is 32.7. The van der Waals surface area contributed by atoms with Crippen molar-refractivity contribution in [3.05, 3.63) is 107 Å². The number of piperidine rings is 1. The molecule has 0 radical (unpaired) electrons. The number of fused-ring (bicyclic) bond motifs is 2. The van der Waals surface area contributed by atoms with E-state index < -0.39 is 29.7 Å². The highest BCUT2D eigenvalue weighted by Crippen LogP contribution is 2.34. The monoisotopic (exact) mass is 828 g/mol. The number of hydrogen-bond acceptors (Lipinski definition) is 12. The maximum Gasteiger partial charge on any atom is 0.264 e. The minimum Gasteiger partial charge on any atom is -0.492 e. The molecule has 0 bridgehead atoms. The van der Waals surface area contributed by atoms with E-state index in [0.717, 1.165) is 23.3 Å². The Morgan fingerprint density at radius 3 is 2.44 bits per heavy atom. The molecule has 61 heavy (non-hydrogen) atoms. The van der Waals surface area contributed by atoms with Gasteiger partial charge in [-0.25, -0.2) is 4.98 Å². The number of aromatic nitrogens is 1. The van der Waals surface area contributed by atoms with Crippen LogP contribution in [0.4, 0.5) is 17.2 Å². The highest BCUT2D eigenvalue weighted by Gasteiger charge is 2.45. The van der Waals surface area contributed by atoms with Crippen LogP contribution in [0.25, 0.3) is 0 Å². The molecule has 3 aliphatic heterocycles. The minimum atomic E-state index is -1.09. The summed E-state index contributed by atoms with van der Waals surface area (Å²) in [5, 5.41) is 13.3. The molecule has 1 unspecified atom stereocenters. The second-order valence-corrected chi connectivity index (χ2v) is 14.8. The molecule has 18 nitrogen and oxygen atoms in total. The fourth-order valence-electron chi connectivity index (χ4n) is 7.20. The van der Waals surface area contributed by atoms with Gasteiger partial charge < -0.3 is 35.6 Å². The highest BCUT2D eigenvalue weighted by molar-refractivity contribution is 6.25. The van der Waals surface area contributed by atoms with E-state index in [9.17, 15) is 38.4 Å². The van der Waals surface area contributed by atoms with Crippen molar-refractivity contribution in [2.45, 2.75) is 50.7 Å². The predicted octanol–water partition coefficient (Wildman–Crippen LogP) is 2.87. The molecule has 1 aliphatic carbocycles. The van der Waals surface area contributed by atoms with Gasteiger partial charge in [0.05, 0.1) is 36.2 Å². The molecule has 312 valence electrons. The molecule has 4 aromatic rings. The number of benzene rings is 3. The Morgan fingerprint density at radius 2 is 1.69 bits per heavy atom. The average Bonchev–Trinajstić information content (AvgIpc) is 4.07. The number of carbonyl (C=O) groups is 8. The van der Waals surface area contributed by atoms with Crippen LogP contribution in [0.15, 0.2) is 79.0 Å². The zero-order valence-corrected chi connectivity index (χ0v) is 32.7. The third kappa shape index (κ3) is 9.02. The van der Waals surface area contributed by atoms with Gasteiger partial charge in [0, 0.05) is 42.4 Å². The summed E-state index contributed by atoms with van der Waals surface area (Å²) in [6, 6.07) is 18.9. The van der Waals surface area contributed by atoms with E-state index in [1.807, 2.05) is 17.0 Å². The molecular weight excluding hydrogens is 789 g/mol. The van der Waals surface area contributed by atoms with Crippen molar-refractivity contribution in [2.24, 2.45) is 0 Å². The first-order valence-electron chi connectivity index (χ1n) is 19.7. The maximum absolute atomic E-state index is 13.5. The number of ether oxygens (including phenoxy) is 2. The van der Waals surface area contributed by atoms with Gasteiger partial charge in [0.1, 0.15) is 23.4 Å². The largest absolute Gasteiger partial charge is 0.492 e. The molecule has 18 heteroatoms. The van der Waals surface area contributed by atoms with Crippen molar-refractivity contribution in [1.82, 2.24) is 25.4 Å². The number of anilines is 3. The van der Waals surface area contributed by atoms with Crippen molar-refractivity contribution < 1.29 is 47.8 Å². The van der Waals surface area contributed by atoms with Gasteiger partial charge in [-0.3, -0.25) is 48.6 Å². The van der Waals surface area contributed by atoms with Gasteiger partial charge in [0.2, 0.25) is 17.7 Å². The third-order valence-electron chi connectivity index (χ3n) is 10.5. The molecule has 4 heterocycles. The van der Waals surface area contributed by atoms with Crippen molar-refractivity contribution in [3.63, 3.8) is 0 Å². The predicted molar refractivity (Wildman–Crippen MR) is 217 cm³/mol. The van der Waals surface area contributed by atoms with E-state index in [-0.39, 0.29) is 85.6 Å². The Labute approximate surface area is 348 Å². The molecule has 3 aromatic carbocycles. The van der Waals surface area contributed by atoms with Crippen molar-refractivity contribution in [1.29, 1.82) is 0 Å². The van der Waals surface area contributed by atoms with Gasteiger partial charge in [-0.05, 0) is 85.8 Å². The van der Waals surface area contributed by atoms with E-state index in [1.54, 1.807) is 54.6 Å². The minimum absolute atomic E-state index is 0.00956. The van der Waals surface area contributed by atoms with E-state index in [1.165, 1.54) is 12.3 Å². The molecule has 1 aromatic heterocycles. The molecule has 2 fully saturated rings. The zero-order chi connectivity index (χ0) is 42.6. The summed E-state index contributed by atoms with van der Waals surface area (Å²) in [4.78, 5) is 108. The van der Waals surface area contributed by atoms with Crippen LogP contribution in [0.3, 0.4) is 0 Å². The molecule has 0 spiro atoms. The Kier molecular flexibility index (Phi) is 11.4. The average molecular weight is 829 g/mol. The van der Waals surface area contributed by atoms with Crippen LogP contribution in [0.2, 0.25) is 0 Å². The molecule has 1 atom stereocenters. The van der Waals surface area contributed by atoms with Crippen LogP contribution in [-0.4, -0.2) is 100 Å². The fourth-order valence-corrected chi connectivity index (χ4v) is 7.20. The summed E-state index contributed by atoms with van der Waals surface area (Å²) in [7, 11) is 0. The standard InChI is InChI=1S/C43H40N8O10/c52-35-16-14-32(40(56)49-35)51-42(58)29-3-1-4-31(38(29)43(51)59)45-21-36(53)44-17-2-18-60-28-12-15-34(46-20-28)48-39(55)25-7-5-24(6-8-25)22-50(27-10-11-27)41(57)26-9-13-30-33(19-26)61-23-37(54)47-30/h1,3-9,12-13,15,19-20,27,32,45H,2,10-11,14,16-18,21-23H2,(H,44,53)(H,47,54)(H,46,48,55)(H,49,52,56). The molecule has 5 N–H and O–H groups in total. The summed E-state index contributed by atoms with van der Waals surface area (Å²) < 4.78 is 11.2. The smallest absolute Gasteiger partial charge is 0.264 e. The van der Waals surface area contributed by atoms with Gasteiger partial charge in [0.15, 0.2) is 6.61 Å². The Balaban J connectivity index is 0.752. The van der Waals surface area contributed by atoms with Gasteiger partial charge in [-0.2, -0.15) is 0 Å². The van der Waals surface area contributed by atoms with Crippen molar-refractivity contribution in [3.8, 4) is 11.5 Å². The molecule has 1 saturated carbocycles.